The van der Waals surface area contributed by atoms with Gasteiger partial charge in [-0.05, 0) is 17.5 Å². The zero-order valence-corrected chi connectivity index (χ0v) is 16.4. The fourth-order valence-electron chi connectivity index (χ4n) is 2.88. The maximum Gasteiger partial charge on any atom is 0.322 e. The van der Waals surface area contributed by atoms with Gasteiger partial charge in [-0.15, -0.1) is 11.3 Å². The second kappa shape index (κ2) is 8.62. The molecule has 8 heteroatoms. The summed E-state index contributed by atoms with van der Waals surface area (Å²) < 4.78 is 10.5. The summed E-state index contributed by atoms with van der Waals surface area (Å²) in [6, 6.07) is 7.36. The van der Waals surface area contributed by atoms with Gasteiger partial charge in [-0.2, -0.15) is 0 Å². The van der Waals surface area contributed by atoms with E-state index < -0.39 is 0 Å². The number of anilines is 1. The van der Waals surface area contributed by atoms with Crippen molar-refractivity contribution in [1.29, 1.82) is 0 Å². The molecule has 3 rings (SSSR count). The van der Waals surface area contributed by atoms with Gasteiger partial charge in [-0.3, -0.25) is 4.90 Å². The number of halogens is 1. The molecule has 1 aliphatic rings. The normalized spacial score (nSPS) is 15.0. The number of thiophene rings is 1. The number of ether oxygens (including phenoxy) is 2. The number of rotatable bonds is 5. The molecule has 1 N–H and O–H groups in total. The van der Waals surface area contributed by atoms with Crippen LogP contribution in [0.15, 0.2) is 29.6 Å². The summed E-state index contributed by atoms with van der Waals surface area (Å²) in [4.78, 5) is 18.1. The second-order valence-corrected chi connectivity index (χ2v) is 7.40. The topological polar surface area (TPSA) is 54.0 Å². The fraction of sp³-hybridized carbons (Fsp3) is 0.389. The summed E-state index contributed by atoms with van der Waals surface area (Å²) in [7, 11) is 3.08. The molecule has 2 aromatic rings. The van der Waals surface area contributed by atoms with Crippen molar-refractivity contribution in [1.82, 2.24) is 9.80 Å². The highest BCUT2D eigenvalue weighted by atomic mass is 35.5. The van der Waals surface area contributed by atoms with Crippen LogP contribution in [-0.4, -0.2) is 56.2 Å². The molecule has 0 bridgehead atoms. The smallest absolute Gasteiger partial charge is 0.322 e. The summed E-state index contributed by atoms with van der Waals surface area (Å²) in [5.41, 5.74) is 0.532. The first-order valence-electron chi connectivity index (χ1n) is 8.33. The number of piperazine rings is 1. The molecule has 0 saturated carbocycles. The lowest BCUT2D eigenvalue weighted by Gasteiger charge is -2.34. The standard InChI is InChI=1S/C18H22ClN3O3S/c1-24-16-11-17(25-2)15(10-14(16)19)20-18(23)22-7-5-21(6-8-22)12-13-4-3-9-26-13/h3-4,9-11H,5-8,12H2,1-2H3,(H,20,23). The number of methoxy groups -OCH3 is 2. The molecule has 1 fully saturated rings. The van der Waals surface area contributed by atoms with Gasteiger partial charge < -0.3 is 19.7 Å². The SMILES string of the molecule is COc1cc(OC)c(NC(=O)N2CCN(Cc3cccs3)CC2)cc1Cl. The lowest BCUT2D eigenvalue weighted by molar-refractivity contribution is 0.143. The van der Waals surface area contributed by atoms with E-state index in [2.05, 4.69) is 27.7 Å². The molecule has 0 aliphatic carbocycles. The van der Waals surface area contributed by atoms with Gasteiger partial charge in [0.25, 0.3) is 0 Å². The first-order valence-corrected chi connectivity index (χ1v) is 9.58. The van der Waals surface area contributed by atoms with Gasteiger partial charge in [0.05, 0.1) is 24.9 Å². The third-order valence-corrected chi connectivity index (χ3v) is 5.49. The van der Waals surface area contributed by atoms with Gasteiger partial charge in [0.2, 0.25) is 0 Å². The molecule has 1 aromatic carbocycles. The van der Waals surface area contributed by atoms with Crippen molar-refractivity contribution in [3.8, 4) is 11.5 Å². The number of nitrogens with one attached hydrogen (secondary N) is 1. The van der Waals surface area contributed by atoms with Crippen LogP contribution >= 0.6 is 22.9 Å². The Kier molecular flexibility index (Phi) is 6.24. The number of amides is 2. The molecule has 2 heterocycles. The average Bonchev–Trinajstić information content (AvgIpc) is 3.15. The maximum absolute atomic E-state index is 12.6. The predicted octanol–water partition coefficient (Wildman–Crippen LogP) is 3.77. The number of hydrogen-bond donors (Lipinski definition) is 1. The molecule has 6 nitrogen and oxygen atoms in total. The minimum absolute atomic E-state index is 0.152. The molecule has 0 atom stereocenters. The highest BCUT2D eigenvalue weighted by Crippen LogP contribution is 2.36. The Morgan fingerprint density at radius 1 is 1.19 bits per heavy atom. The summed E-state index contributed by atoms with van der Waals surface area (Å²) in [5, 5.41) is 5.40. The number of hydrogen-bond acceptors (Lipinski definition) is 5. The number of urea groups is 1. The predicted molar refractivity (Wildman–Crippen MR) is 105 cm³/mol. The first kappa shape index (κ1) is 18.8. The van der Waals surface area contributed by atoms with E-state index in [0.717, 1.165) is 19.6 Å². The van der Waals surface area contributed by atoms with Crippen LogP contribution in [0.5, 0.6) is 11.5 Å². The van der Waals surface area contributed by atoms with Crippen molar-refractivity contribution in [2.24, 2.45) is 0 Å². The monoisotopic (exact) mass is 395 g/mol. The van der Waals surface area contributed by atoms with Gasteiger partial charge in [0.1, 0.15) is 11.5 Å². The third-order valence-electron chi connectivity index (χ3n) is 4.33. The van der Waals surface area contributed by atoms with E-state index in [1.807, 2.05) is 4.90 Å². The van der Waals surface area contributed by atoms with Crippen LogP contribution in [0.25, 0.3) is 0 Å². The molecule has 0 radical (unpaired) electrons. The van der Waals surface area contributed by atoms with Crippen LogP contribution in [-0.2, 0) is 6.54 Å². The third kappa shape index (κ3) is 4.41. The number of nitrogens with zero attached hydrogens (tertiary/aromatic N) is 2. The second-order valence-electron chi connectivity index (χ2n) is 5.96. The molecular weight excluding hydrogens is 374 g/mol. The van der Waals surface area contributed by atoms with E-state index in [4.69, 9.17) is 21.1 Å². The van der Waals surface area contributed by atoms with E-state index in [9.17, 15) is 4.79 Å². The zero-order valence-electron chi connectivity index (χ0n) is 14.8. The van der Waals surface area contributed by atoms with Crippen LogP contribution in [0.2, 0.25) is 5.02 Å². The number of carbonyl (C=O) groups is 1. The van der Waals surface area contributed by atoms with Gasteiger partial charge in [0, 0.05) is 43.7 Å². The molecule has 2 amide bonds. The van der Waals surface area contributed by atoms with Crippen molar-refractivity contribution < 1.29 is 14.3 Å². The molecule has 26 heavy (non-hydrogen) atoms. The van der Waals surface area contributed by atoms with Gasteiger partial charge in [0.15, 0.2) is 0 Å². The Hall–Kier alpha value is -1.96. The minimum Gasteiger partial charge on any atom is -0.495 e. The summed E-state index contributed by atoms with van der Waals surface area (Å²) in [6.07, 6.45) is 0. The highest BCUT2D eigenvalue weighted by molar-refractivity contribution is 7.09. The van der Waals surface area contributed by atoms with Gasteiger partial charge in [-0.1, -0.05) is 17.7 Å². The molecule has 1 aliphatic heterocycles. The van der Waals surface area contributed by atoms with Crippen molar-refractivity contribution in [2.45, 2.75) is 6.54 Å². The van der Waals surface area contributed by atoms with Crippen molar-refractivity contribution >= 4 is 34.7 Å². The van der Waals surface area contributed by atoms with Crippen LogP contribution in [0.1, 0.15) is 4.88 Å². The molecule has 140 valence electrons. The van der Waals surface area contributed by atoms with E-state index in [1.54, 1.807) is 30.6 Å². The van der Waals surface area contributed by atoms with E-state index in [-0.39, 0.29) is 6.03 Å². The zero-order chi connectivity index (χ0) is 18.5. The Morgan fingerprint density at radius 3 is 2.54 bits per heavy atom. The van der Waals surface area contributed by atoms with Crippen molar-refractivity contribution in [3.05, 3.63) is 39.5 Å². The minimum atomic E-state index is -0.152. The van der Waals surface area contributed by atoms with E-state index in [1.165, 1.54) is 12.0 Å². The Balaban J connectivity index is 1.58. The van der Waals surface area contributed by atoms with E-state index in [0.29, 0.717) is 35.3 Å². The largest absolute Gasteiger partial charge is 0.495 e. The highest BCUT2D eigenvalue weighted by Gasteiger charge is 2.22. The molecular formula is C18H22ClN3O3S. The first-order chi connectivity index (χ1) is 12.6. The summed E-state index contributed by atoms with van der Waals surface area (Å²) in [6.45, 7) is 4.01. The van der Waals surface area contributed by atoms with Gasteiger partial charge >= 0.3 is 6.03 Å². The fourth-order valence-corrected chi connectivity index (χ4v) is 3.87. The number of carbonyl (C=O) groups excluding carboxylic acids is 1. The molecule has 0 unspecified atom stereocenters. The van der Waals surface area contributed by atoms with Crippen molar-refractivity contribution in [3.63, 3.8) is 0 Å². The number of benzene rings is 1. The van der Waals surface area contributed by atoms with Gasteiger partial charge in [-0.25, -0.2) is 4.79 Å². The molecule has 0 spiro atoms. The Bertz CT molecular complexity index is 746. The van der Waals surface area contributed by atoms with Crippen molar-refractivity contribution in [2.75, 3.05) is 45.7 Å². The summed E-state index contributed by atoms with van der Waals surface area (Å²) >= 11 is 7.93. The van der Waals surface area contributed by atoms with Crippen LogP contribution in [0.3, 0.4) is 0 Å². The maximum atomic E-state index is 12.6. The lowest BCUT2D eigenvalue weighted by Crippen LogP contribution is -2.49. The summed E-state index contributed by atoms with van der Waals surface area (Å²) in [5.74, 6) is 1.01. The molecule has 1 saturated heterocycles. The Labute approximate surface area is 162 Å². The van der Waals surface area contributed by atoms with E-state index >= 15 is 0 Å². The quantitative estimate of drug-likeness (QED) is 0.837. The van der Waals surface area contributed by atoms with Crippen LogP contribution < -0.4 is 14.8 Å². The lowest BCUT2D eigenvalue weighted by atomic mass is 10.2. The van der Waals surface area contributed by atoms with Crippen LogP contribution in [0, 0.1) is 0 Å². The average molecular weight is 396 g/mol. The molecule has 1 aromatic heterocycles. The van der Waals surface area contributed by atoms with Crippen LogP contribution in [0.4, 0.5) is 10.5 Å². The Morgan fingerprint density at radius 2 is 1.92 bits per heavy atom.